The highest BCUT2D eigenvalue weighted by Crippen LogP contribution is 2.49. The van der Waals surface area contributed by atoms with Crippen molar-refractivity contribution in [2.45, 2.75) is 247 Å². The molecule has 0 bridgehead atoms. The van der Waals surface area contributed by atoms with Gasteiger partial charge in [-0.05, 0) is 482 Å². The summed E-state index contributed by atoms with van der Waals surface area (Å²) < 4.78 is 4.58. The SMILES string of the molecule is Cc1c(C)c(Br)c(-c2c(Br)c(C)c(C)c(C)c2Br)c(Br)c1C.Cc1cc(-c2cc(C)c(C)c(C)c2)cc(C)c1C.Cc1cc(CC(C)c2cc(C)c(C)c(C)c2)cc(C)c1C.Cc1ccc(-c2ccc(C)c(C)c2)cc1C.Cc1ccc(-c2ccc(C)cc2)cc1.Cc1ccc(C)cc1.Cc1ccc(Cc2ccc(C)cc2)cc1.Cc1cccc(C)c1.Cc1cccc(C)c1. The van der Waals surface area contributed by atoms with Crippen molar-refractivity contribution in [2.24, 2.45) is 0 Å². The third-order valence-corrected chi connectivity index (χ3v) is 29.9. The van der Waals surface area contributed by atoms with Crippen molar-refractivity contribution in [2.75, 3.05) is 0 Å². The van der Waals surface area contributed by atoms with Gasteiger partial charge in [-0.1, -0.05) is 317 Å². The van der Waals surface area contributed by atoms with Crippen LogP contribution in [0, 0.1) is 222 Å². The van der Waals surface area contributed by atoms with Crippen molar-refractivity contribution >= 4 is 63.7 Å². The number of benzene rings is 15. The zero-order chi connectivity index (χ0) is 96.4. The molecule has 1 unspecified atom stereocenters. The van der Waals surface area contributed by atoms with Gasteiger partial charge < -0.3 is 0 Å². The van der Waals surface area contributed by atoms with Crippen LogP contribution in [-0.2, 0) is 12.8 Å². The molecule has 0 fully saturated rings. The molecule has 15 aromatic carbocycles. The summed E-state index contributed by atoms with van der Waals surface area (Å²) in [6, 6.07) is 92.1. The Morgan fingerprint density at radius 1 is 0.177 bits per heavy atom. The summed E-state index contributed by atoms with van der Waals surface area (Å²) in [5.74, 6) is 0.560. The molecule has 0 radical (unpaired) electrons. The van der Waals surface area contributed by atoms with Crippen LogP contribution < -0.4 is 0 Å². The van der Waals surface area contributed by atoms with Gasteiger partial charge in [0.05, 0.1) is 0 Å². The van der Waals surface area contributed by atoms with Crippen LogP contribution in [0.2, 0.25) is 0 Å². The average molecular weight is 1980 g/mol. The van der Waals surface area contributed by atoms with Crippen LogP contribution >= 0.6 is 63.7 Å². The third kappa shape index (κ3) is 31.7. The predicted octanol–water partition coefficient (Wildman–Crippen LogP) is 38.7. The van der Waals surface area contributed by atoms with Crippen molar-refractivity contribution in [3.05, 3.63) is 473 Å². The van der Waals surface area contributed by atoms with Crippen molar-refractivity contribution in [3.63, 3.8) is 0 Å². The lowest BCUT2D eigenvalue weighted by atomic mass is 9.88. The van der Waals surface area contributed by atoms with Crippen LogP contribution in [0.5, 0.6) is 0 Å². The van der Waals surface area contributed by atoms with E-state index < -0.39 is 0 Å². The van der Waals surface area contributed by atoms with Crippen LogP contribution in [0.25, 0.3) is 44.5 Å². The molecule has 0 aliphatic carbocycles. The van der Waals surface area contributed by atoms with Crippen LogP contribution in [-0.4, -0.2) is 0 Å². The van der Waals surface area contributed by atoms with Crippen LogP contribution in [0.3, 0.4) is 0 Å². The largest absolute Gasteiger partial charge is 0.0617 e. The molecular formula is C126H146Br4. The normalized spacial score (nSPS) is 10.7. The number of aryl methyl sites for hydroxylation is 22. The molecule has 0 N–H and O–H groups in total. The van der Waals surface area contributed by atoms with Crippen LogP contribution in [0.1, 0.15) is 213 Å². The number of hydrogen-bond donors (Lipinski definition) is 0. The fraction of sp³-hybridized carbons (Fsp3) is 0.286. The predicted molar refractivity (Wildman–Crippen MR) is 590 cm³/mol. The van der Waals surface area contributed by atoms with Crippen molar-refractivity contribution < 1.29 is 0 Å². The molecule has 0 aliphatic heterocycles. The first-order valence-corrected chi connectivity index (χ1v) is 49.1. The molecule has 0 amide bonds. The first-order valence-electron chi connectivity index (χ1n) is 45.9. The van der Waals surface area contributed by atoms with E-state index in [0.29, 0.717) is 5.92 Å². The Balaban J connectivity index is 0.000000204. The van der Waals surface area contributed by atoms with Crippen LogP contribution in [0.4, 0.5) is 0 Å². The monoisotopic (exact) mass is 1970 g/mol. The molecular weight excluding hydrogens is 1830 g/mol. The Bertz CT molecular complexity index is 5770. The van der Waals surface area contributed by atoms with E-state index in [1.165, 1.54) is 245 Å². The molecule has 15 rings (SSSR count). The van der Waals surface area contributed by atoms with Gasteiger partial charge in [-0.3, -0.25) is 0 Å². The van der Waals surface area contributed by atoms with Gasteiger partial charge in [-0.25, -0.2) is 0 Å². The zero-order valence-electron chi connectivity index (χ0n) is 84.8. The average Bonchev–Trinajstić information content (AvgIpc) is 0.748. The molecule has 0 aliphatic rings. The van der Waals surface area contributed by atoms with Crippen molar-refractivity contribution in [1.82, 2.24) is 0 Å². The third-order valence-electron chi connectivity index (χ3n) is 25.9. The highest BCUT2D eigenvalue weighted by Gasteiger charge is 2.24. The Morgan fingerprint density at radius 2 is 0.400 bits per heavy atom. The fourth-order valence-electron chi connectivity index (χ4n) is 15.3. The van der Waals surface area contributed by atoms with Gasteiger partial charge in [0.15, 0.2) is 0 Å². The van der Waals surface area contributed by atoms with Gasteiger partial charge in [0.2, 0.25) is 0 Å². The summed E-state index contributed by atoms with van der Waals surface area (Å²) in [6.45, 7) is 71.5. The summed E-state index contributed by atoms with van der Waals surface area (Å²) in [5.41, 5.74) is 59.2. The Labute approximate surface area is 821 Å². The zero-order valence-corrected chi connectivity index (χ0v) is 91.1. The molecule has 4 heteroatoms. The highest BCUT2D eigenvalue weighted by atomic mass is 79.9. The van der Waals surface area contributed by atoms with Gasteiger partial charge >= 0.3 is 0 Å². The summed E-state index contributed by atoms with van der Waals surface area (Å²) in [4.78, 5) is 0. The maximum absolute atomic E-state index is 3.82. The summed E-state index contributed by atoms with van der Waals surface area (Å²) in [7, 11) is 0. The first kappa shape index (κ1) is 107. The van der Waals surface area contributed by atoms with E-state index in [1.54, 1.807) is 0 Å². The van der Waals surface area contributed by atoms with Gasteiger partial charge in [-0.2, -0.15) is 0 Å². The minimum Gasteiger partial charge on any atom is -0.0617 e. The van der Waals surface area contributed by atoms with E-state index in [-0.39, 0.29) is 0 Å². The lowest BCUT2D eigenvalue weighted by molar-refractivity contribution is 0.755. The smallest absolute Gasteiger partial charge is 0.0297 e. The lowest BCUT2D eigenvalue weighted by Crippen LogP contribution is -2.02. The number of hydrogen-bond acceptors (Lipinski definition) is 0. The lowest BCUT2D eigenvalue weighted by Gasteiger charge is -2.22. The van der Waals surface area contributed by atoms with E-state index in [0.717, 1.165) is 30.7 Å². The molecule has 0 aromatic heterocycles. The van der Waals surface area contributed by atoms with E-state index >= 15 is 0 Å². The summed E-state index contributed by atoms with van der Waals surface area (Å²) >= 11 is 15.3. The molecule has 0 saturated heterocycles. The molecule has 0 heterocycles. The summed E-state index contributed by atoms with van der Waals surface area (Å²) in [6.07, 6.45) is 2.14. The van der Waals surface area contributed by atoms with E-state index in [4.69, 9.17) is 0 Å². The highest BCUT2D eigenvalue weighted by molar-refractivity contribution is 9.11. The second kappa shape index (κ2) is 50.7. The van der Waals surface area contributed by atoms with Crippen LogP contribution in [0.15, 0.2) is 273 Å². The van der Waals surface area contributed by atoms with Crippen molar-refractivity contribution in [3.8, 4) is 44.5 Å². The standard InChI is InChI=1S/C21H28.C18H18Br4.C18H22.C16H18.C15H16.C14H14.3C8H10/c1-13-8-20(9-14(2)18(13)6)10-17(5)21-11-15(3)19(7)16(4)12-21;1-7-9(3)15(19)13(16(20)10(7)4)14-17(21)11(5)8(2)12(6)18(14)22;1-11-7-17(8-12(2)15(11)5)18-9-13(3)16(6)14(4)10-18;1-11-5-7-15(9-13(11)3)16-8-6-12(2)14(4)10-16;1-12-3-7-14(8-4-12)11-15-9-5-13(2)6-10-15;1-11-3-7-13(8-4-11)14-9-5-12(2)6-10-14;1-7-3-5-8(2)6-4-7;2*1-7-4-3-5-8(2)6-7/h8-9,11-12,17H,10H2,1-7H3;1-6H3;7-10H,1-6H3;5-10H,1-4H3;3-10H,11H2,1-2H3;3-10H,1-2H3;3*3-6H,1-2H3. The molecule has 0 nitrogen and oxygen atoms in total. The second-order valence-corrected chi connectivity index (χ2v) is 40.1. The maximum Gasteiger partial charge on any atom is 0.0297 e. The molecule has 15 aromatic rings. The minimum atomic E-state index is 0.560. The Hall–Kier alpha value is -9.78. The van der Waals surface area contributed by atoms with Gasteiger partial charge in [0.25, 0.3) is 0 Å². The second-order valence-electron chi connectivity index (χ2n) is 36.9. The quantitative estimate of drug-likeness (QED) is 0.135. The van der Waals surface area contributed by atoms with E-state index in [2.05, 4.69) is 547 Å². The summed E-state index contributed by atoms with van der Waals surface area (Å²) in [5, 5.41) is 0. The van der Waals surface area contributed by atoms with E-state index in [1.807, 2.05) is 0 Å². The van der Waals surface area contributed by atoms with Crippen molar-refractivity contribution in [1.29, 1.82) is 0 Å². The number of rotatable bonds is 9. The maximum atomic E-state index is 3.82. The van der Waals surface area contributed by atoms with E-state index in [9.17, 15) is 0 Å². The molecule has 130 heavy (non-hydrogen) atoms. The minimum absolute atomic E-state index is 0.560. The molecule has 1 atom stereocenters. The van der Waals surface area contributed by atoms with Gasteiger partial charge in [0.1, 0.15) is 0 Å². The van der Waals surface area contributed by atoms with Gasteiger partial charge in [-0.15, -0.1) is 0 Å². The first-order chi connectivity index (χ1) is 61.2. The molecule has 0 saturated carbocycles. The Morgan fingerprint density at radius 3 is 0.646 bits per heavy atom. The Kier molecular flexibility index (Phi) is 41.9. The number of halogens is 4. The fourth-order valence-corrected chi connectivity index (χ4v) is 18.6. The van der Waals surface area contributed by atoms with Gasteiger partial charge in [0, 0.05) is 29.0 Å². The molecule has 678 valence electrons. The topological polar surface area (TPSA) is 0 Å². The molecule has 0 spiro atoms.